The second-order valence-electron chi connectivity index (χ2n) is 7.17. The van der Waals surface area contributed by atoms with E-state index in [-0.39, 0.29) is 12.3 Å². The number of benzene rings is 3. The van der Waals surface area contributed by atoms with E-state index >= 15 is 0 Å². The van der Waals surface area contributed by atoms with Crippen LogP contribution in [0.3, 0.4) is 0 Å². The molecule has 0 saturated heterocycles. The highest BCUT2D eigenvalue weighted by Gasteiger charge is 2.41. The number of hydrogen-bond acceptors (Lipinski definition) is 4. The lowest BCUT2D eigenvalue weighted by Gasteiger charge is -2.38. The normalized spacial score (nSPS) is 19.8. The molecular weight excluding hydrogens is 428 g/mol. The molecule has 0 radical (unpaired) electrons. The molecule has 2 aliphatic rings. The predicted octanol–water partition coefficient (Wildman–Crippen LogP) is 6.09. The van der Waals surface area contributed by atoms with Crippen LogP contribution >= 0.6 is 15.9 Å². The van der Waals surface area contributed by atoms with Crippen molar-refractivity contribution < 1.29 is 9.47 Å². The first-order valence-electron chi connectivity index (χ1n) is 9.83. The summed E-state index contributed by atoms with van der Waals surface area (Å²) in [6.45, 7) is 2.66. The lowest BCUT2D eigenvalue weighted by molar-refractivity contribution is -0.0190. The Morgan fingerprint density at radius 3 is 2.62 bits per heavy atom. The van der Waals surface area contributed by atoms with Crippen molar-refractivity contribution >= 4 is 21.6 Å². The summed E-state index contributed by atoms with van der Waals surface area (Å²) in [5, 5.41) is 7.12. The van der Waals surface area contributed by atoms with E-state index in [2.05, 4.69) is 51.3 Å². The zero-order chi connectivity index (χ0) is 19.8. The van der Waals surface area contributed by atoms with Crippen molar-refractivity contribution in [3.63, 3.8) is 0 Å². The Kier molecular flexibility index (Phi) is 4.76. The molecule has 2 atom stereocenters. The van der Waals surface area contributed by atoms with Gasteiger partial charge in [0.15, 0.2) is 0 Å². The van der Waals surface area contributed by atoms with E-state index in [1.165, 1.54) is 0 Å². The molecule has 29 heavy (non-hydrogen) atoms. The molecule has 0 aromatic heterocycles. The van der Waals surface area contributed by atoms with E-state index in [4.69, 9.17) is 14.6 Å². The minimum atomic E-state index is -0.241. The summed E-state index contributed by atoms with van der Waals surface area (Å²) in [6.07, 6.45) is 0.597. The number of halogens is 1. The van der Waals surface area contributed by atoms with Crippen molar-refractivity contribution in [3.05, 3.63) is 94.0 Å². The van der Waals surface area contributed by atoms with Gasteiger partial charge in [0, 0.05) is 22.0 Å². The fraction of sp³-hybridized carbons (Fsp3) is 0.208. The molecule has 0 spiro atoms. The molecule has 5 heteroatoms. The van der Waals surface area contributed by atoms with Gasteiger partial charge in [-0.15, -0.1) is 0 Å². The second-order valence-corrected chi connectivity index (χ2v) is 8.08. The molecule has 2 heterocycles. The van der Waals surface area contributed by atoms with Crippen LogP contribution in [0.5, 0.6) is 11.5 Å². The van der Waals surface area contributed by atoms with E-state index in [0.29, 0.717) is 6.61 Å². The zero-order valence-electron chi connectivity index (χ0n) is 16.1. The maximum Gasteiger partial charge on any atom is 0.213 e. The summed E-state index contributed by atoms with van der Waals surface area (Å²) in [4.78, 5) is 0. The zero-order valence-corrected chi connectivity index (χ0v) is 17.7. The fourth-order valence-electron chi connectivity index (χ4n) is 3.98. The van der Waals surface area contributed by atoms with Crippen molar-refractivity contribution in [1.82, 2.24) is 5.01 Å². The minimum absolute atomic E-state index is 0.142. The third-order valence-electron chi connectivity index (χ3n) is 5.34. The number of ether oxygens (including phenoxy) is 2. The summed E-state index contributed by atoms with van der Waals surface area (Å²) >= 11 is 3.60. The lowest BCUT2D eigenvalue weighted by Crippen LogP contribution is -2.33. The van der Waals surface area contributed by atoms with Gasteiger partial charge in [-0.2, -0.15) is 5.10 Å². The Balaban J connectivity index is 1.54. The van der Waals surface area contributed by atoms with E-state index in [9.17, 15) is 0 Å². The number of nitrogens with zero attached hydrogens (tertiary/aromatic N) is 2. The fourth-order valence-corrected chi connectivity index (χ4v) is 4.36. The van der Waals surface area contributed by atoms with Gasteiger partial charge in [-0.1, -0.05) is 46.3 Å². The van der Waals surface area contributed by atoms with Crippen LogP contribution in [-0.2, 0) is 0 Å². The number of fused-ring (bicyclic) bond motifs is 3. The third-order valence-corrected chi connectivity index (χ3v) is 5.83. The standard InChI is InChI=1S/C24H21BrN2O2/c1-2-28-19-11-8-16(9-12-19)21-15-22-20-14-18(25)10-13-23(20)29-24(27(22)26-21)17-6-4-3-5-7-17/h3-14,22,24H,2,15H2,1H3/t22-,24-/m1/s1. The summed E-state index contributed by atoms with van der Waals surface area (Å²) < 4.78 is 13.0. The van der Waals surface area contributed by atoms with Crippen LogP contribution in [0.2, 0.25) is 0 Å². The van der Waals surface area contributed by atoms with Crippen molar-refractivity contribution in [2.75, 3.05) is 6.61 Å². The van der Waals surface area contributed by atoms with Gasteiger partial charge in [-0.3, -0.25) is 0 Å². The maximum absolute atomic E-state index is 6.40. The van der Waals surface area contributed by atoms with E-state index in [1.807, 2.05) is 49.4 Å². The molecule has 146 valence electrons. The Hall–Kier alpha value is -2.79. The highest BCUT2D eigenvalue weighted by atomic mass is 79.9. The first-order chi connectivity index (χ1) is 14.2. The molecule has 0 amide bonds. The van der Waals surface area contributed by atoms with Gasteiger partial charge in [0.05, 0.1) is 18.4 Å². The molecule has 3 aromatic rings. The van der Waals surface area contributed by atoms with Gasteiger partial charge in [-0.25, -0.2) is 5.01 Å². The largest absolute Gasteiger partial charge is 0.494 e. The van der Waals surface area contributed by atoms with Gasteiger partial charge >= 0.3 is 0 Å². The van der Waals surface area contributed by atoms with E-state index < -0.39 is 0 Å². The average molecular weight is 449 g/mol. The SMILES string of the molecule is CCOc1ccc(C2=NN3[C@H](C2)c2cc(Br)ccc2O[C@@H]3c2ccccc2)cc1. The van der Waals surface area contributed by atoms with Gasteiger partial charge < -0.3 is 9.47 Å². The van der Waals surface area contributed by atoms with Crippen LogP contribution in [-0.4, -0.2) is 17.3 Å². The van der Waals surface area contributed by atoms with Gasteiger partial charge in [0.2, 0.25) is 6.23 Å². The quantitative estimate of drug-likeness (QED) is 0.484. The molecule has 0 bridgehead atoms. The Morgan fingerprint density at radius 1 is 1.07 bits per heavy atom. The number of hydrazone groups is 1. The molecular formula is C24H21BrN2O2. The summed E-state index contributed by atoms with van der Waals surface area (Å²) in [7, 11) is 0. The maximum atomic E-state index is 6.40. The highest BCUT2D eigenvalue weighted by molar-refractivity contribution is 9.10. The summed E-state index contributed by atoms with van der Waals surface area (Å²) in [5.41, 5.74) is 4.45. The molecule has 0 saturated carbocycles. The topological polar surface area (TPSA) is 34.1 Å². The van der Waals surface area contributed by atoms with Crippen LogP contribution in [0.1, 0.15) is 42.3 Å². The van der Waals surface area contributed by atoms with Gasteiger partial charge in [-0.05, 0) is 55.0 Å². The summed E-state index contributed by atoms with van der Waals surface area (Å²) in [6, 6.07) is 24.8. The second kappa shape index (κ2) is 7.56. The average Bonchev–Trinajstić information content (AvgIpc) is 3.20. The molecule has 0 unspecified atom stereocenters. The molecule has 0 N–H and O–H groups in total. The van der Waals surface area contributed by atoms with E-state index in [0.717, 1.165) is 44.8 Å². The number of hydrogen-bond donors (Lipinski definition) is 0. The van der Waals surface area contributed by atoms with Crippen LogP contribution in [0.25, 0.3) is 0 Å². The molecule has 0 aliphatic carbocycles. The predicted molar refractivity (Wildman–Crippen MR) is 117 cm³/mol. The third kappa shape index (κ3) is 3.40. The minimum Gasteiger partial charge on any atom is -0.494 e. The van der Waals surface area contributed by atoms with Crippen LogP contribution in [0.15, 0.2) is 82.4 Å². The van der Waals surface area contributed by atoms with Crippen molar-refractivity contribution in [2.45, 2.75) is 25.6 Å². The van der Waals surface area contributed by atoms with Crippen molar-refractivity contribution in [1.29, 1.82) is 0 Å². The van der Waals surface area contributed by atoms with Crippen LogP contribution in [0, 0.1) is 0 Å². The highest BCUT2D eigenvalue weighted by Crippen LogP contribution is 2.48. The smallest absolute Gasteiger partial charge is 0.213 e. The van der Waals surface area contributed by atoms with Gasteiger partial charge in [0.25, 0.3) is 0 Å². The Bertz CT molecular complexity index is 1050. The van der Waals surface area contributed by atoms with Crippen LogP contribution < -0.4 is 9.47 Å². The summed E-state index contributed by atoms with van der Waals surface area (Å²) in [5.74, 6) is 1.80. The first kappa shape index (κ1) is 18.3. The molecule has 5 rings (SSSR count). The van der Waals surface area contributed by atoms with E-state index in [1.54, 1.807) is 0 Å². The number of rotatable bonds is 4. The van der Waals surface area contributed by atoms with Crippen LogP contribution in [0.4, 0.5) is 0 Å². The van der Waals surface area contributed by atoms with Crippen molar-refractivity contribution in [3.8, 4) is 11.5 Å². The molecule has 4 nitrogen and oxygen atoms in total. The van der Waals surface area contributed by atoms with Crippen molar-refractivity contribution in [2.24, 2.45) is 5.10 Å². The monoisotopic (exact) mass is 448 g/mol. The first-order valence-corrected chi connectivity index (χ1v) is 10.6. The lowest BCUT2D eigenvalue weighted by atomic mass is 9.96. The molecule has 2 aliphatic heterocycles. The Morgan fingerprint density at radius 2 is 1.86 bits per heavy atom. The molecule has 0 fully saturated rings. The molecule has 3 aromatic carbocycles. The Labute approximate surface area is 178 Å². The van der Waals surface area contributed by atoms with Gasteiger partial charge in [0.1, 0.15) is 11.5 Å².